The molecule has 0 unspecified atom stereocenters. The Kier molecular flexibility index (Phi) is 5.40. The molecule has 8 nitrogen and oxygen atoms in total. The number of rotatable bonds is 5. The van der Waals surface area contributed by atoms with Gasteiger partial charge in [-0.3, -0.25) is 4.79 Å². The van der Waals surface area contributed by atoms with Crippen LogP contribution in [0.15, 0.2) is 18.2 Å². The Balaban J connectivity index is 1.57. The van der Waals surface area contributed by atoms with Gasteiger partial charge in [0.05, 0.1) is 18.3 Å². The summed E-state index contributed by atoms with van der Waals surface area (Å²) in [7, 11) is -3.36. The van der Waals surface area contributed by atoms with Gasteiger partial charge in [0.25, 0.3) is 0 Å². The molecule has 1 atom stereocenters. The second-order valence-corrected chi connectivity index (χ2v) is 8.75. The van der Waals surface area contributed by atoms with E-state index in [1.165, 1.54) is 0 Å². The molecule has 3 rings (SSSR count). The van der Waals surface area contributed by atoms with Crippen molar-refractivity contribution in [2.75, 3.05) is 32.7 Å². The van der Waals surface area contributed by atoms with E-state index in [2.05, 4.69) is 4.72 Å². The monoisotopic (exact) mass is 384 g/mol. The lowest BCUT2D eigenvalue weighted by atomic mass is 9.95. The van der Waals surface area contributed by atoms with Crippen LogP contribution in [0.4, 0.5) is 0 Å². The number of amides is 1. The van der Waals surface area contributed by atoms with E-state index in [1.54, 1.807) is 11.0 Å². The summed E-state index contributed by atoms with van der Waals surface area (Å²) < 4.78 is 35.5. The van der Waals surface area contributed by atoms with Gasteiger partial charge in [0.15, 0.2) is 11.5 Å². The topological polar surface area (TPSA) is 105 Å². The number of hydrogen-bond donors (Lipinski definition) is 2. The van der Waals surface area contributed by atoms with Crippen molar-refractivity contribution in [3.63, 3.8) is 0 Å². The van der Waals surface area contributed by atoms with Gasteiger partial charge in [0.2, 0.25) is 22.7 Å². The molecule has 1 aromatic carbocycles. The second kappa shape index (κ2) is 7.42. The third-order valence-electron chi connectivity index (χ3n) is 4.73. The number of hydrogen-bond acceptors (Lipinski definition) is 6. The van der Waals surface area contributed by atoms with E-state index in [4.69, 9.17) is 9.47 Å². The molecule has 0 saturated carbocycles. The number of nitrogens with one attached hydrogen (secondary N) is 1. The van der Waals surface area contributed by atoms with Crippen molar-refractivity contribution < 1.29 is 27.8 Å². The summed E-state index contributed by atoms with van der Waals surface area (Å²) in [6.07, 6.45) is 2.71. The predicted molar refractivity (Wildman–Crippen MR) is 94.5 cm³/mol. The van der Waals surface area contributed by atoms with Crippen LogP contribution in [-0.2, 0) is 21.2 Å². The van der Waals surface area contributed by atoms with Crippen molar-refractivity contribution in [1.82, 2.24) is 9.62 Å². The number of carbonyl (C=O) groups excluding carboxylic acids is 1. The second-order valence-electron chi connectivity index (χ2n) is 6.92. The van der Waals surface area contributed by atoms with Crippen LogP contribution >= 0.6 is 0 Å². The summed E-state index contributed by atoms with van der Waals surface area (Å²) in [5.74, 6) is 1.30. The van der Waals surface area contributed by atoms with Crippen molar-refractivity contribution in [3.05, 3.63) is 23.8 Å². The quantitative estimate of drug-likeness (QED) is 0.754. The number of carbonyl (C=O) groups is 1. The first-order valence-electron chi connectivity index (χ1n) is 8.57. The third kappa shape index (κ3) is 4.87. The van der Waals surface area contributed by atoms with Crippen molar-refractivity contribution in [1.29, 1.82) is 0 Å². The average molecular weight is 384 g/mol. The van der Waals surface area contributed by atoms with Crippen LogP contribution in [0.2, 0.25) is 0 Å². The van der Waals surface area contributed by atoms with Crippen molar-refractivity contribution in [2.45, 2.75) is 31.3 Å². The van der Waals surface area contributed by atoms with E-state index in [0.717, 1.165) is 11.8 Å². The summed E-state index contributed by atoms with van der Waals surface area (Å²) in [6.45, 7) is 1.10. The Bertz CT molecular complexity index is 781. The first-order chi connectivity index (χ1) is 12.2. The molecular weight excluding hydrogens is 360 g/mol. The molecule has 0 aliphatic carbocycles. The summed E-state index contributed by atoms with van der Waals surface area (Å²) in [6, 6.07) is 5.45. The van der Waals surface area contributed by atoms with Gasteiger partial charge in [-0.05, 0) is 37.0 Å². The first-order valence-corrected chi connectivity index (χ1v) is 10.5. The molecule has 1 amide bonds. The molecule has 0 aromatic heterocycles. The van der Waals surface area contributed by atoms with Crippen molar-refractivity contribution >= 4 is 15.9 Å². The fraction of sp³-hybridized carbons (Fsp3) is 0.588. The standard InChI is InChI=1S/C17H24N2O6S/c1-26(22,23)18-11-17(21)5-2-7-19(8-6-17)16(20)10-13-3-4-14-15(9-13)25-12-24-14/h3-4,9,18,21H,2,5-8,10-12H2,1H3/t17-/m1/s1. The van der Waals surface area contributed by atoms with Crippen LogP contribution in [-0.4, -0.2) is 62.6 Å². The van der Waals surface area contributed by atoms with Gasteiger partial charge >= 0.3 is 0 Å². The molecule has 1 aromatic rings. The fourth-order valence-corrected chi connectivity index (χ4v) is 3.74. The highest BCUT2D eigenvalue weighted by atomic mass is 32.2. The highest BCUT2D eigenvalue weighted by Crippen LogP contribution is 2.32. The lowest BCUT2D eigenvalue weighted by Gasteiger charge is -2.27. The normalized spacial score (nSPS) is 22.9. The molecule has 1 fully saturated rings. The van der Waals surface area contributed by atoms with Crippen LogP contribution in [0, 0.1) is 0 Å². The molecule has 2 heterocycles. The van der Waals surface area contributed by atoms with Crippen molar-refractivity contribution in [3.8, 4) is 11.5 Å². The summed E-state index contributed by atoms with van der Waals surface area (Å²) in [5, 5.41) is 10.6. The van der Waals surface area contributed by atoms with E-state index in [0.29, 0.717) is 43.9 Å². The van der Waals surface area contributed by atoms with Gasteiger partial charge in [-0.15, -0.1) is 0 Å². The highest BCUT2D eigenvalue weighted by molar-refractivity contribution is 7.88. The van der Waals surface area contributed by atoms with E-state index in [1.807, 2.05) is 12.1 Å². The number of benzene rings is 1. The Morgan fingerprint density at radius 2 is 2.04 bits per heavy atom. The average Bonchev–Trinajstić information content (AvgIpc) is 2.94. The zero-order valence-corrected chi connectivity index (χ0v) is 15.5. The minimum absolute atomic E-state index is 0.0239. The largest absolute Gasteiger partial charge is 0.454 e. The minimum atomic E-state index is -3.36. The number of nitrogens with zero attached hydrogens (tertiary/aromatic N) is 1. The summed E-state index contributed by atoms with van der Waals surface area (Å²) in [4.78, 5) is 14.3. The van der Waals surface area contributed by atoms with Gasteiger partial charge < -0.3 is 19.5 Å². The van der Waals surface area contributed by atoms with Gasteiger partial charge in [0.1, 0.15) is 0 Å². The zero-order valence-electron chi connectivity index (χ0n) is 14.7. The van der Waals surface area contributed by atoms with E-state index in [-0.39, 0.29) is 25.7 Å². The van der Waals surface area contributed by atoms with Crippen molar-refractivity contribution in [2.24, 2.45) is 0 Å². The summed E-state index contributed by atoms with van der Waals surface area (Å²) >= 11 is 0. The lowest BCUT2D eigenvalue weighted by molar-refractivity contribution is -0.130. The molecule has 144 valence electrons. The van der Waals surface area contributed by atoms with Crippen LogP contribution < -0.4 is 14.2 Å². The molecule has 0 bridgehead atoms. The van der Waals surface area contributed by atoms with Crippen LogP contribution in [0.3, 0.4) is 0 Å². The SMILES string of the molecule is CS(=O)(=O)NC[C@@]1(O)CCCN(C(=O)Cc2ccc3c(c2)OCO3)CC1. The summed E-state index contributed by atoms with van der Waals surface area (Å²) in [5.41, 5.74) is -0.283. The Hall–Kier alpha value is -1.84. The predicted octanol–water partition coefficient (Wildman–Crippen LogP) is 0.251. The number of likely N-dealkylation sites (tertiary alicyclic amines) is 1. The number of aliphatic hydroxyl groups is 1. The van der Waals surface area contributed by atoms with Gasteiger partial charge in [-0.1, -0.05) is 6.07 Å². The highest BCUT2D eigenvalue weighted by Gasteiger charge is 2.32. The van der Waals surface area contributed by atoms with E-state index < -0.39 is 15.6 Å². The van der Waals surface area contributed by atoms with E-state index in [9.17, 15) is 18.3 Å². The molecule has 26 heavy (non-hydrogen) atoms. The maximum atomic E-state index is 12.6. The molecular formula is C17H24N2O6S. The van der Waals surface area contributed by atoms with Crippen LogP contribution in [0.1, 0.15) is 24.8 Å². The van der Waals surface area contributed by atoms with Gasteiger partial charge in [0, 0.05) is 19.6 Å². The Morgan fingerprint density at radius 1 is 1.27 bits per heavy atom. The smallest absolute Gasteiger partial charge is 0.231 e. The third-order valence-corrected chi connectivity index (χ3v) is 5.39. The molecule has 1 saturated heterocycles. The lowest BCUT2D eigenvalue weighted by Crippen LogP contribution is -2.43. The first kappa shape index (κ1) is 18.9. The minimum Gasteiger partial charge on any atom is -0.454 e. The number of sulfonamides is 1. The Morgan fingerprint density at radius 3 is 2.81 bits per heavy atom. The van der Waals surface area contributed by atoms with Crippen LogP contribution in [0.5, 0.6) is 11.5 Å². The Labute approximate surface area is 153 Å². The molecule has 9 heteroatoms. The van der Waals surface area contributed by atoms with Gasteiger partial charge in [-0.2, -0.15) is 0 Å². The maximum Gasteiger partial charge on any atom is 0.231 e. The molecule has 0 spiro atoms. The molecule has 2 aliphatic heterocycles. The fourth-order valence-electron chi connectivity index (χ4n) is 3.21. The maximum absolute atomic E-state index is 12.6. The molecule has 0 radical (unpaired) electrons. The number of fused-ring (bicyclic) bond motifs is 1. The van der Waals surface area contributed by atoms with E-state index >= 15 is 0 Å². The molecule has 2 aliphatic rings. The van der Waals surface area contributed by atoms with Crippen LogP contribution in [0.25, 0.3) is 0 Å². The zero-order chi connectivity index (χ0) is 18.8. The number of ether oxygens (including phenoxy) is 2. The molecule has 2 N–H and O–H groups in total. The van der Waals surface area contributed by atoms with Gasteiger partial charge in [-0.25, -0.2) is 13.1 Å².